The van der Waals surface area contributed by atoms with Crippen LogP contribution in [-0.2, 0) is 13.0 Å². The van der Waals surface area contributed by atoms with Crippen LogP contribution in [-0.4, -0.2) is 4.57 Å². The zero-order valence-electron chi connectivity index (χ0n) is 9.74. The van der Waals surface area contributed by atoms with E-state index < -0.39 is 0 Å². The van der Waals surface area contributed by atoms with Gasteiger partial charge in [0.2, 0.25) is 0 Å². The van der Waals surface area contributed by atoms with Gasteiger partial charge >= 0.3 is 0 Å². The van der Waals surface area contributed by atoms with Crippen molar-refractivity contribution in [3.05, 3.63) is 60.8 Å². The average molecular weight is 211 g/mol. The summed E-state index contributed by atoms with van der Waals surface area (Å²) in [5.41, 5.74) is 3.99. The molecule has 1 aromatic heterocycles. The van der Waals surface area contributed by atoms with Gasteiger partial charge in [-0.2, -0.15) is 0 Å². The number of fused-ring (bicyclic) bond motifs is 1. The average Bonchev–Trinajstić information content (AvgIpc) is 2.57. The van der Waals surface area contributed by atoms with Gasteiger partial charge in [0.15, 0.2) is 0 Å². The molecular formula is C15H17N. The molecule has 0 saturated carbocycles. The van der Waals surface area contributed by atoms with Crippen molar-refractivity contribution in [1.29, 1.82) is 0 Å². The van der Waals surface area contributed by atoms with Crippen molar-refractivity contribution >= 4 is 10.9 Å². The van der Waals surface area contributed by atoms with Crippen LogP contribution in [0.1, 0.15) is 11.3 Å². The first-order chi connectivity index (χ1) is 7.79. The van der Waals surface area contributed by atoms with E-state index >= 15 is 0 Å². The van der Waals surface area contributed by atoms with E-state index in [1.807, 2.05) is 12.2 Å². The largest absolute Gasteiger partial charge is 0.340 e. The fourth-order valence-corrected chi connectivity index (χ4v) is 2.27. The van der Waals surface area contributed by atoms with E-state index in [2.05, 4.69) is 48.9 Å². The van der Waals surface area contributed by atoms with Gasteiger partial charge in [-0.25, -0.2) is 0 Å². The SMILES string of the molecule is C=CCc1c(C)c2ccccc2n1CC=C. The second kappa shape index (κ2) is 4.40. The number of rotatable bonds is 4. The molecule has 0 aliphatic rings. The number of aryl methyl sites for hydroxylation is 1. The second-order valence-electron chi connectivity index (χ2n) is 3.98. The molecule has 0 fully saturated rings. The number of allylic oxidation sites excluding steroid dienone is 2. The van der Waals surface area contributed by atoms with Crippen LogP contribution in [0.4, 0.5) is 0 Å². The molecule has 0 radical (unpaired) electrons. The third kappa shape index (κ3) is 1.58. The fraction of sp³-hybridized carbons (Fsp3) is 0.200. The number of hydrogen-bond donors (Lipinski definition) is 0. The van der Waals surface area contributed by atoms with Crippen molar-refractivity contribution in [3.8, 4) is 0 Å². The van der Waals surface area contributed by atoms with Gasteiger partial charge in [0.25, 0.3) is 0 Å². The van der Waals surface area contributed by atoms with E-state index in [1.54, 1.807) is 0 Å². The van der Waals surface area contributed by atoms with Crippen LogP contribution in [0.25, 0.3) is 10.9 Å². The molecule has 16 heavy (non-hydrogen) atoms. The Morgan fingerprint density at radius 3 is 2.62 bits per heavy atom. The minimum atomic E-state index is 0.859. The predicted octanol–water partition coefficient (Wildman–Crippen LogP) is 3.86. The topological polar surface area (TPSA) is 4.93 Å². The van der Waals surface area contributed by atoms with Crippen molar-refractivity contribution in [3.63, 3.8) is 0 Å². The molecule has 0 aliphatic carbocycles. The molecule has 0 amide bonds. The van der Waals surface area contributed by atoms with Gasteiger partial charge in [-0.05, 0) is 18.6 Å². The molecule has 0 atom stereocenters. The highest BCUT2D eigenvalue weighted by molar-refractivity contribution is 5.85. The maximum Gasteiger partial charge on any atom is 0.0488 e. The molecule has 1 nitrogen and oxygen atoms in total. The highest BCUT2D eigenvalue weighted by atomic mass is 15.0. The zero-order valence-corrected chi connectivity index (χ0v) is 9.74. The lowest BCUT2D eigenvalue weighted by Gasteiger charge is -2.06. The molecule has 0 bridgehead atoms. The van der Waals surface area contributed by atoms with E-state index in [0.29, 0.717) is 0 Å². The standard InChI is InChI=1S/C15H17N/c1-4-8-14-12(3)13-9-6-7-10-15(13)16(14)11-5-2/h4-7,9-10H,1-2,8,11H2,3H3. The molecule has 1 heteroatoms. The summed E-state index contributed by atoms with van der Waals surface area (Å²) in [5, 5.41) is 1.33. The van der Waals surface area contributed by atoms with E-state index in [9.17, 15) is 0 Å². The van der Waals surface area contributed by atoms with Crippen LogP contribution >= 0.6 is 0 Å². The lowest BCUT2D eigenvalue weighted by molar-refractivity contribution is 0.806. The Kier molecular flexibility index (Phi) is 2.95. The van der Waals surface area contributed by atoms with Crippen LogP contribution in [0.2, 0.25) is 0 Å². The Morgan fingerprint density at radius 1 is 1.19 bits per heavy atom. The molecular weight excluding hydrogens is 194 g/mol. The Balaban J connectivity index is 2.74. The van der Waals surface area contributed by atoms with E-state index in [4.69, 9.17) is 0 Å². The van der Waals surface area contributed by atoms with Gasteiger partial charge < -0.3 is 4.57 Å². The molecule has 0 aliphatic heterocycles. The number of nitrogens with zero attached hydrogens (tertiary/aromatic N) is 1. The summed E-state index contributed by atoms with van der Waals surface area (Å²) in [7, 11) is 0. The van der Waals surface area contributed by atoms with Crippen LogP contribution < -0.4 is 0 Å². The monoisotopic (exact) mass is 211 g/mol. The lowest BCUT2D eigenvalue weighted by Crippen LogP contribution is -2.00. The van der Waals surface area contributed by atoms with Crippen molar-refractivity contribution in [2.75, 3.05) is 0 Å². The van der Waals surface area contributed by atoms with Crippen molar-refractivity contribution in [1.82, 2.24) is 4.57 Å². The highest BCUT2D eigenvalue weighted by Crippen LogP contribution is 2.26. The van der Waals surface area contributed by atoms with Gasteiger partial charge in [0.1, 0.15) is 0 Å². The first-order valence-electron chi connectivity index (χ1n) is 5.58. The number of aromatic nitrogens is 1. The number of benzene rings is 1. The van der Waals surface area contributed by atoms with Gasteiger partial charge in [-0.1, -0.05) is 30.4 Å². The first kappa shape index (κ1) is 10.7. The third-order valence-corrected chi connectivity index (χ3v) is 3.01. The zero-order chi connectivity index (χ0) is 11.5. The van der Waals surface area contributed by atoms with Crippen molar-refractivity contribution in [2.45, 2.75) is 19.9 Å². The van der Waals surface area contributed by atoms with Crippen LogP contribution in [0.5, 0.6) is 0 Å². The van der Waals surface area contributed by atoms with Gasteiger partial charge in [-0.15, -0.1) is 13.2 Å². The fourth-order valence-electron chi connectivity index (χ4n) is 2.27. The van der Waals surface area contributed by atoms with Crippen LogP contribution in [0, 0.1) is 6.92 Å². The summed E-state index contributed by atoms with van der Waals surface area (Å²) < 4.78 is 2.32. The van der Waals surface area contributed by atoms with Gasteiger partial charge in [0, 0.05) is 29.6 Å². The van der Waals surface area contributed by atoms with Gasteiger partial charge in [0.05, 0.1) is 0 Å². The molecule has 82 valence electrons. The van der Waals surface area contributed by atoms with Crippen LogP contribution in [0.3, 0.4) is 0 Å². The normalized spacial score (nSPS) is 10.6. The minimum absolute atomic E-state index is 0.859. The van der Waals surface area contributed by atoms with Gasteiger partial charge in [-0.3, -0.25) is 0 Å². The summed E-state index contributed by atoms with van der Waals surface area (Å²) in [6.07, 6.45) is 4.81. The summed E-state index contributed by atoms with van der Waals surface area (Å²) in [6.45, 7) is 10.7. The molecule has 2 aromatic rings. The molecule has 0 saturated heterocycles. The molecule has 0 unspecified atom stereocenters. The predicted molar refractivity (Wildman–Crippen MR) is 70.8 cm³/mol. The Bertz CT molecular complexity index is 532. The van der Waals surface area contributed by atoms with E-state index in [-0.39, 0.29) is 0 Å². The Hall–Kier alpha value is -1.76. The third-order valence-electron chi connectivity index (χ3n) is 3.01. The molecule has 2 rings (SSSR count). The number of para-hydroxylation sites is 1. The van der Waals surface area contributed by atoms with Crippen molar-refractivity contribution in [2.24, 2.45) is 0 Å². The van der Waals surface area contributed by atoms with Crippen molar-refractivity contribution < 1.29 is 0 Å². The first-order valence-corrected chi connectivity index (χ1v) is 5.58. The Labute approximate surface area is 96.7 Å². The summed E-state index contributed by atoms with van der Waals surface area (Å²) in [5.74, 6) is 0. The molecule has 0 spiro atoms. The molecule has 1 heterocycles. The lowest BCUT2D eigenvalue weighted by atomic mass is 10.1. The number of hydrogen-bond acceptors (Lipinski definition) is 0. The highest BCUT2D eigenvalue weighted by Gasteiger charge is 2.10. The van der Waals surface area contributed by atoms with E-state index in [0.717, 1.165) is 13.0 Å². The maximum atomic E-state index is 3.83. The maximum absolute atomic E-state index is 3.83. The molecule has 0 N–H and O–H groups in total. The summed E-state index contributed by atoms with van der Waals surface area (Å²) >= 11 is 0. The quantitative estimate of drug-likeness (QED) is 0.677. The summed E-state index contributed by atoms with van der Waals surface area (Å²) in [6, 6.07) is 8.51. The minimum Gasteiger partial charge on any atom is -0.340 e. The summed E-state index contributed by atoms with van der Waals surface area (Å²) in [4.78, 5) is 0. The Morgan fingerprint density at radius 2 is 1.94 bits per heavy atom. The van der Waals surface area contributed by atoms with Crippen LogP contribution in [0.15, 0.2) is 49.6 Å². The smallest absolute Gasteiger partial charge is 0.0488 e. The second-order valence-corrected chi connectivity index (χ2v) is 3.98. The van der Waals surface area contributed by atoms with E-state index in [1.165, 1.54) is 22.2 Å². The molecule has 1 aromatic carbocycles.